The number of ether oxygens (including phenoxy) is 3. The van der Waals surface area contributed by atoms with Gasteiger partial charge in [-0.2, -0.15) is 4.58 Å². The normalized spacial score (nSPS) is 28.8. The molecular formula is C29H35N2O15+. The van der Waals surface area contributed by atoms with Crippen molar-refractivity contribution in [3.05, 3.63) is 41.1 Å². The maximum absolute atomic E-state index is 12.2. The number of esters is 1. The molecule has 0 radical (unpaired) electrons. The molecular weight excluding hydrogens is 616 g/mol. The smallest absolute Gasteiger partial charge is 0.351 e. The molecule has 1 aromatic rings. The molecule has 7 atom stereocenters. The summed E-state index contributed by atoms with van der Waals surface area (Å²) < 4.78 is 17.9. The van der Waals surface area contributed by atoms with Gasteiger partial charge in [0.25, 0.3) is 0 Å². The Balaban J connectivity index is 1.46. The summed E-state index contributed by atoms with van der Waals surface area (Å²) in [7, 11) is 0. The van der Waals surface area contributed by atoms with Crippen molar-refractivity contribution in [2.75, 3.05) is 13.2 Å². The molecule has 9 N–H and O–H groups in total. The van der Waals surface area contributed by atoms with E-state index in [-0.39, 0.29) is 23.6 Å². The Morgan fingerprint density at radius 3 is 2.46 bits per heavy atom. The van der Waals surface area contributed by atoms with Crippen LogP contribution in [0.15, 0.2) is 35.6 Å². The van der Waals surface area contributed by atoms with E-state index < -0.39 is 85.7 Å². The SMILES string of the molecule is CC(O)(CC(=O)O)CC(=O)OC[C@H]1O[C@@H](Oc2cc3c(cc2O)[N+](=CC=C2C=C(C(=O)O)N[C@H](C(=O)O)C2)CC3)[C@H](O)[C@@H](O)[C@@H]1O. The second-order valence-corrected chi connectivity index (χ2v) is 11.4. The second kappa shape index (κ2) is 13.8. The Kier molecular flexibility index (Phi) is 10.3. The van der Waals surface area contributed by atoms with Gasteiger partial charge in [-0.3, -0.25) is 9.59 Å². The quantitative estimate of drug-likeness (QED) is 0.0957. The number of nitrogens with one attached hydrogen (secondary N) is 1. The zero-order valence-corrected chi connectivity index (χ0v) is 24.5. The molecule has 17 nitrogen and oxygen atoms in total. The van der Waals surface area contributed by atoms with Gasteiger partial charge in [0.1, 0.15) is 42.8 Å². The Morgan fingerprint density at radius 2 is 1.80 bits per heavy atom. The first-order chi connectivity index (χ1) is 21.5. The van der Waals surface area contributed by atoms with Crippen molar-refractivity contribution in [1.82, 2.24) is 5.32 Å². The lowest BCUT2D eigenvalue weighted by atomic mass is 9.98. The summed E-state index contributed by atoms with van der Waals surface area (Å²) in [6, 6.07) is 1.73. The number of phenols is 1. The molecule has 1 saturated heterocycles. The number of carbonyl (C=O) groups excluding carboxylic acids is 1. The van der Waals surface area contributed by atoms with Gasteiger partial charge in [-0.25, -0.2) is 9.59 Å². The van der Waals surface area contributed by atoms with Crippen LogP contribution in [-0.4, -0.2) is 131 Å². The van der Waals surface area contributed by atoms with Gasteiger partial charge in [0.2, 0.25) is 12.0 Å². The molecule has 46 heavy (non-hydrogen) atoms. The van der Waals surface area contributed by atoms with Crippen molar-refractivity contribution >= 4 is 35.8 Å². The summed E-state index contributed by atoms with van der Waals surface area (Å²) in [6.07, 6.45) is -4.70. The fourth-order valence-electron chi connectivity index (χ4n) is 5.21. The van der Waals surface area contributed by atoms with Crippen molar-refractivity contribution in [1.29, 1.82) is 0 Å². The van der Waals surface area contributed by atoms with Gasteiger partial charge < -0.3 is 60.4 Å². The fraction of sp³-hybridized carbons (Fsp3) is 0.483. The summed E-state index contributed by atoms with van der Waals surface area (Å²) in [5.41, 5.74) is -0.437. The van der Waals surface area contributed by atoms with Crippen LogP contribution in [0.5, 0.6) is 11.5 Å². The number of carbonyl (C=O) groups is 4. The zero-order valence-electron chi connectivity index (χ0n) is 24.5. The number of hydrogen-bond donors (Lipinski definition) is 9. The average Bonchev–Trinajstić information content (AvgIpc) is 3.35. The number of phenolic OH excluding ortho intramolecular Hbond substituents is 1. The van der Waals surface area contributed by atoms with E-state index in [0.29, 0.717) is 29.8 Å². The summed E-state index contributed by atoms with van der Waals surface area (Å²) in [5.74, 6) is -5.36. The lowest BCUT2D eigenvalue weighted by Gasteiger charge is -2.40. The minimum Gasteiger partial charge on any atom is -0.504 e. The number of allylic oxidation sites excluding steroid dienone is 2. The molecule has 0 amide bonds. The summed E-state index contributed by atoms with van der Waals surface area (Å²) in [5, 5.41) is 81.9. The fourth-order valence-corrected chi connectivity index (χ4v) is 5.21. The molecule has 0 spiro atoms. The van der Waals surface area contributed by atoms with E-state index in [1.54, 1.807) is 16.9 Å². The molecule has 3 heterocycles. The number of rotatable bonds is 11. The molecule has 0 aromatic heterocycles. The third-order valence-electron chi connectivity index (χ3n) is 7.57. The molecule has 0 aliphatic carbocycles. The van der Waals surface area contributed by atoms with Crippen LogP contribution in [0.2, 0.25) is 0 Å². The van der Waals surface area contributed by atoms with E-state index in [1.807, 2.05) is 0 Å². The van der Waals surface area contributed by atoms with Crippen molar-refractivity contribution in [3.63, 3.8) is 0 Å². The van der Waals surface area contributed by atoms with Crippen molar-refractivity contribution in [2.45, 2.75) is 75.0 Å². The summed E-state index contributed by atoms with van der Waals surface area (Å²) >= 11 is 0. The Labute approximate surface area is 260 Å². The minimum absolute atomic E-state index is 0.0390. The highest BCUT2D eigenvalue weighted by atomic mass is 16.7. The lowest BCUT2D eigenvalue weighted by molar-refractivity contribution is -0.423. The number of aliphatic hydroxyl groups excluding tert-OH is 3. The Bertz CT molecular complexity index is 1480. The minimum atomic E-state index is -1.90. The number of aliphatic hydroxyl groups is 4. The third-order valence-corrected chi connectivity index (χ3v) is 7.57. The van der Waals surface area contributed by atoms with Gasteiger partial charge in [0, 0.05) is 24.5 Å². The van der Waals surface area contributed by atoms with Crippen molar-refractivity contribution < 1.29 is 78.8 Å². The topological polar surface area (TPSA) is 273 Å². The third kappa shape index (κ3) is 8.18. The maximum atomic E-state index is 12.2. The van der Waals surface area contributed by atoms with Crippen LogP contribution in [-0.2, 0) is 35.1 Å². The molecule has 3 aliphatic heterocycles. The number of carboxylic acids is 3. The van der Waals surface area contributed by atoms with Gasteiger partial charge in [0.05, 0.1) is 24.5 Å². The molecule has 17 heteroatoms. The number of fused-ring (bicyclic) bond motifs is 1. The summed E-state index contributed by atoms with van der Waals surface area (Å²) in [4.78, 5) is 45.9. The number of nitrogens with zero attached hydrogens (tertiary/aromatic N) is 1. The van der Waals surface area contributed by atoms with E-state index in [2.05, 4.69) is 5.32 Å². The van der Waals surface area contributed by atoms with Gasteiger partial charge in [-0.15, -0.1) is 0 Å². The van der Waals surface area contributed by atoms with E-state index >= 15 is 0 Å². The van der Waals surface area contributed by atoms with E-state index in [1.165, 1.54) is 18.2 Å². The van der Waals surface area contributed by atoms with Crippen molar-refractivity contribution in [2.24, 2.45) is 0 Å². The molecule has 4 rings (SSSR count). The highest BCUT2D eigenvalue weighted by molar-refractivity contribution is 5.89. The molecule has 0 saturated carbocycles. The van der Waals surface area contributed by atoms with Crippen LogP contribution in [0.1, 0.15) is 31.7 Å². The van der Waals surface area contributed by atoms with Crippen LogP contribution < -0.4 is 10.1 Å². The van der Waals surface area contributed by atoms with Crippen LogP contribution in [0.4, 0.5) is 5.69 Å². The largest absolute Gasteiger partial charge is 0.504 e. The average molecular weight is 652 g/mol. The van der Waals surface area contributed by atoms with Gasteiger partial charge in [-0.1, -0.05) is 0 Å². The van der Waals surface area contributed by atoms with Gasteiger partial charge >= 0.3 is 23.9 Å². The number of aliphatic carboxylic acids is 3. The monoisotopic (exact) mass is 651 g/mol. The molecule has 1 unspecified atom stereocenters. The van der Waals surface area contributed by atoms with Gasteiger partial charge in [-0.05, 0) is 24.6 Å². The van der Waals surface area contributed by atoms with Crippen LogP contribution in [0, 0.1) is 0 Å². The number of carboxylic acid groups (broad SMARTS) is 3. The van der Waals surface area contributed by atoms with E-state index in [0.717, 1.165) is 6.92 Å². The molecule has 1 aromatic carbocycles. The Morgan fingerprint density at radius 1 is 1.09 bits per heavy atom. The predicted molar refractivity (Wildman–Crippen MR) is 151 cm³/mol. The standard InChI is InChI=1S/C29H34N2O15/c1-29(43,10-21(33)34)11-22(35)44-12-20-23(36)24(37)25(38)28(46-20)45-19-8-14-3-5-31(17(14)9-18(19)32)4-2-13-6-15(26(39)40)30-16(7-13)27(41)42/h2,4,6,8-9,16,20,23-25,28,36-38,43H,3,5,7,10-12H2,1H3,(H4,32,33,34,39,40,41,42)/p+1/t16-,20+,23+,24-,25+,28+,29?/m0/s1. The predicted octanol–water partition coefficient (Wildman–Crippen LogP) is -1.65. The second-order valence-electron chi connectivity index (χ2n) is 11.4. The number of aromatic hydroxyl groups is 1. The van der Waals surface area contributed by atoms with Crippen LogP contribution in [0.25, 0.3) is 0 Å². The first-order valence-corrected chi connectivity index (χ1v) is 14.1. The molecule has 250 valence electrons. The van der Waals surface area contributed by atoms with E-state index in [4.69, 9.17) is 19.3 Å². The number of benzene rings is 1. The van der Waals surface area contributed by atoms with Crippen LogP contribution >= 0.6 is 0 Å². The van der Waals surface area contributed by atoms with Crippen molar-refractivity contribution in [3.8, 4) is 11.5 Å². The first-order valence-electron chi connectivity index (χ1n) is 14.1. The Hall–Kier alpha value is -4.55. The van der Waals surface area contributed by atoms with Gasteiger partial charge in [0.15, 0.2) is 24.3 Å². The highest BCUT2D eigenvalue weighted by Gasteiger charge is 2.46. The van der Waals surface area contributed by atoms with E-state index in [9.17, 15) is 54.9 Å². The molecule has 1 fully saturated rings. The zero-order chi connectivity index (χ0) is 33.9. The first kappa shape index (κ1) is 34.3. The maximum Gasteiger partial charge on any atom is 0.351 e. The number of hydrogen-bond acceptors (Lipinski definition) is 13. The molecule has 0 bridgehead atoms. The highest BCUT2D eigenvalue weighted by Crippen LogP contribution is 2.38. The summed E-state index contributed by atoms with van der Waals surface area (Å²) in [6.45, 7) is 0.934. The molecule has 3 aliphatic rings. The van der Waals surface area contributed by atoms with Crippen LogP contribution in [0.3, 0.4) is 0 Å². The lowest BCUT2D eigenvalue weighted by Crippen LogP contribution is -2.60.